The van der Waals surface area contributed by atoms with Crippen molar-refractivity contribution >= 4 is 21.6 Å². The lowest BCUT2D eigenvalue weighted by Crippen LogP contribution is -2.27. The van der Waals surface area contributed by atoms with E-state index in [1.807, 2.05) is 24.3 Å². The average Bonchev–Trinajstić information content (AvgIpc) is 3.18. The van der Waals surface area contributed by atoms with Crippen LogP contribution in [0, 0.1) is 0 Å². The molecule has 0 aromatic heterocycles. The van der Waals surface area contributed by atoms with Crippen LogP contribution in [-0.2, 0) is 27.7 Å². The quantitative estimate of drug-likeness (QED) is 0.847. The van der Waals surface area contributed by atoms with Gasteiger partial charge in [0.25, 0.3) is 0 Å². The fraction of sp³-hybridized carbons (Fsp3) is 0.350. The molecule has 0 bridgehead atoms. The van der Waals surface area contributed by atoms with Gasteiger partial charge in [0.2, 0.25) is 15.9 Å². The van der Waals surface area contributed by atoms with Gasteiger partial charge in [0.1, 0.15) is 0 Å². The highest BCUT2D eigenvalue weighted by molar-refractivity contribution is 7.89. The first-order chi connectivity index (χ1) is 12.5. The number of hydrogen-bond donors (Lipinski definition) is 1. The number of nitrogens with one attached hydrogen (secondary N) is 1. The standard InChI is InChI=1S/C20H24N2O3S/c1-2-16-5-7-17(8-6-16)15-20(23)21-18-9-11-19(12-10-18)26(24,25)22-13-3-4-14-22/h5-12H,2-4,13-15H2,1H3,(H,21,23). The van der Waals surface area contributed by atoms with Gasteiger partial charge in [-0.25, -0.2) is 8.42 Å². The van der Waals surface area contributed by atoms with Crippen molar-refractivity contribution in [2.75, 3.05) is 18.4 Å². The zero-order valence-electron chi connectivity index (χ0n) is 14.9. The van der Waals surface area contributed by atoms with Crippen molar-refractivity contribution in [1.82, 2.24) is 4.31 Å². The summed E-state index contributed by atoms with van der Waals surface area (Å²) in [6.45, 7) is 3.25. The predicted octanol–water partition coefficient (Wildman–Crippen LogP) is 3.21. The van der Waals surface area contributed by atoms with Crippen LogP contribution in [0.5, 0.6) is 0 Å². The molecule has 0 unspecified atom stereocenters. The molecule has 1 aliphatic rings. The Hall–Kier alpha value is -2.18. The van der Waals surface area contributed by atoms with Crippen LogP contribution < -0.4 is 5.32 Å². The maximum atomic E-state index is 12.5. The number of aryl methyl sites for hydroxylation is 1. The number of rotatable bonds is 6. The second-order valence-corrected chi connectivity index (χ2v) is 8.47. The summed E-state index contributed by atoms with van der Waals surface area (Å²) >= 11 is 0. The maximum Gasteiger partial charge on any atom is 0.243 e. The minimum absolute atomic E-state index is 0.121. The topological polar surface area (TPSA) is 66.5 Å². The minimum Gasteiger partial charge on any atom is -0.326 e. The summed E-state index contributed by atoms with van der Waals surface area (Å²) in [4.78, 5) is 12.5. The molecule has 138 valence electrons. The first-order valence-corrected chi connectivity index (χ1v) is 10.4. The Morgan fingerprint density at radius 3 is 2.12 bits per heavy atom. The average molecular weight is 372 g/mol. The van der Waals surface area contributed by atoms with Crippen molar-refractivity contribution in [2.45, 2.75) is 37.5 Å². The Morgan fingerprint density at radius 1 is 0.962 bits per heavy atom. The summed E-state index contributed by atoms with van der Waals surface area (Å²) in [6.07, 6.45) is 3.08. The largest absolute Gasteiger partial charge is 0.326 e. The van der Waals surface area contributed by atoms with Crippen LogP contribution in [0.25, 0.3) is 0 Å². The van der Waals surface area contributed by atoms with Gasteiger partial charge in [0.15, 0.2) is 0 Å². The van der Waals surface area contributed by atoms with Crippen molar-refractivity contribution in [3.8, 4) is 0 Å². The molecule has 3 rings (SSSR count). The summed E-state index contributed by atoms with van der Waals surface area (Å²) in [5, 5.41) is 2.82. The molecule has 1 aliphatic heterocycles. The van der Waals surface area contributed by atoms with Gasteiger partial charge in [0, 0.05) is 18.8 Å². The second-order valence-electron chi connectivity index (χ2n) is 6.53. The van der Waals surface area contributed by atoms with Crippen molar-refractivity contribution < 1.29 is 13.2 Å². The van der Waals surface area contributed by atoms with Crippen LogP contribution >= 0.6 is 0 Å². The summed E-state index contributed by atoms with van der Waals surface area (Å²) in [6, 6.07) is 14.4. The Labute approximate surface area is 155 Å². The van der Waals surface area contributed by atoms with Crippen LogP contribution in [0.1, 0.15) is 30.9 Å². The molecular formula is C20H24N2O3S. The van der Waals surface area contributed by atoms with Crippen LogP contribution in [0.15, 0.2) is 53.4 Å². The Balaban J connectivity index is 1.62. The van der Waals surface area contributed by atoms with E-state index in [0.717, 1.165) is 24.8 Å². The minimum atomic E-state index is -3.42. The van der Waals surface area contributed by atoms with Crippen LogP contribution in [0.3, 0.4) is 0 Å². The molecule has 0 aliphatic carbocycles. The zero-order valence-corrected chi connectivity index (χ0v) is 15.8. The van der Waals surface area contributed by atoms with Gasteiger partial charge in [-0.15, -0.1) is 0 Å². The Kier molecular flexibility index (Phi) is 5.74. The third-order valence-corrected chi connectivity index (χ3v) is 6.55. The first-order valence-electron chi connectivity index (χ1n) is 8.97. The molecule has 5 nitrogen and oxygen atoms in total. The first kappa shape index (κ1) is 18.6. The molecule has 0 spiro atoms. The highest BCUT2D eigenvalue weighted by Crippen LogP contribution is 2.22. The SMILES string of the molecule is CCc1ccc(CC(=O)Nc2ccc(S(=O)(=O)N3CCCC3)cc2)cc1. The molecule has 2 aromatic carbocycles. The second kappa shape index (κ2) is 8.01. The molecule has 0 saturated carbocycles. The smallest absolute Gasteiger partial charge is 0.243 e. The van der Waals surface area contributed by atoms with E-state index >= 15 is 0 Å². The molecule has 6 heteroatoms. The Bertz CT molecular complexity index is 853. The normalized spacial score (nSPS) is 15.1. The van der Waals surface area contributed by atoms with Crippen molar-refractivity contribution in [1.29, 1.82) is 0 Å². The summed E-state index contributed by atoms with van der Waals surface area (Å²) in [5.41, 5.74) is 2.79. The maximum absolute atomic E-state index is 12.5. The van der Waals surface area contributed by atoms with E-state index in [1.165, 1.54) is 9.87 Å². The lowest BCUT2D eigenvalue weighted by Gasteiger charge is -2.15. The molecule has 1 N–H and O–H groups in total. The Morgan fingerprint density at radius 2 is 1.54 bits per heavy atom. The molecule has 1 amide bonds. The van der Waals surface area contributed by atoms with Crippen molar-refractivity contribution in [3.63, 3.8) is 0 Å². The fourth-order valence-electron chi connectivity index (χ4n) is 3.07. The van der Waals surface area contributed by atoms with E-state index in [2.05, 4.69) is 12.2 Å². The monoisotopic (exact) mass is 372 g/mol. The molecule has 1 saturated heterocycles. The number of hydrogen-bond acceptors (Lipinski definition) is 3. The third-order valence-electron chi connectivity index (χ3n) is 4.64. The number of amides is 1. The highest BCUT2D eigenvalue weighted by Gasteiger charge is 2.26. The number of anilines is 1. The van der Waals surface area contributed by atoms with Crippen molar-refractivity contribution in [3.05, 3.63) is 59.7 Å². The van der Waals surface area contributed by atoms with E-state index < -0.39 is 10.0 Å². The van der Waals surface area contributed by atoms with Gasteiger partial charge in [-0.05, 0) is 54.7 Å². The van der Waals surface area contributed by atoms with E-state index in [9.17, 15) is 13.2 Å². The number of carbonyl (C=O) groups is 1. The van der Waals surface area contributed by atoms with Crippen LogP contribution in [0.4, 0.5) is 5.69 Å². The number of sulfonamides is 1. The van der Waals surface area contributed by atoms with E-state index in [-0.39, 0.29) is 17.2 Å². The zero-order chi connectivity index (χ0) is 18.6. The number of carbonyl (C=O) groups excluding carboxylic acids is 1. The van der Waals surface area contributed by atoms with Gasteiger partial charge in [-0.3, -0.25) is 4.79 Å². The summed E-state index contributed by atoms with van der Waals surface area (Å²) < 4.78 is 26.5. The third kappa shape index (κ3) is 4.31. The molecule has 1 heterocycles. The predicted molar refractivity (Wildman–Crippen MR) is 103 cm³/mol. The van der Waals surface area contributed by atoms with Gasteiger partial charge >= 0.3 is 0 Å². The van der Waals surface area contributed by atoms with E-state index in [4.69, 9.17) is 0 Å². The molecular weight excluding hydrogens is 348 g/mol. The van der Waals surface area contributed by atoms with Gasteiger partial charge in [0.05, 0.1) is 11.3 Å². The summed E-state index contributed by atoms with van der Waals surface area (Å²) in [7, 11) is -3.42. The lowest BCUT2D eigenvalue weighted by atomic mass is 10.1. The molecule has 0 atom stereocenters. The van der Waals surface area contributed by atoms with Gasteiger partial charge < -0.3 is 5.32 Å². The van der Waals surface area contributed by atoms with E-state index in [1.54, 1.807) is 24.3 Å². The van der Waals surface area contributed by atoms with Crippen LogP contribution in [0.2, 0.25) is 0 Å². The van der Waals surface area contributed by atoms with Gasteiger partial charge in [-0.2, -0.15) is 4.31 Å². The fourth-order valence-corrected chi connectivity index (χ4v) is 4.59. The highest BCUT2D eigenvalue weighted by atomic mass is 32.2. The van der Waals surface area contributed by atoms with Gasteiger partial charge in [-0.1, -0.05) is 31.2 Å². The molecule has 26 heavy (non-hydrogen) atoms. The van der Waals surface area contributed by atoms with Crippen molar-refractivity contribution in [2.24, 2.45) is 0 Å². The molecule has 1 fully saturated rings. The molecule has 2 aromatic rings. The van der Waals surface area contributed by atoms with E-state index in [0.29, 0.717) is 18.8 Å². The van der Waals surface area contributed by atoms with Crippen LogP contribution in [-0.4, -0.2) is 31.7 Å². The number of nitrogens with zero attached hydrogens (tertiary/aromatic N) is 1. The summed E-state index contributed by atoms with van der Waals surface area (Å²) in [5.74, 6) is -0.121. The molecule has 0 radical (unpaired) electrons. The number of benzene rings is 2. The lowest BCUT2D eigenvalue weighted by molar-refractivity contribution is -0.115.